The Balaban J connectivity index is 2.01. The zero-order chi connectivity index (χ0) is 12.6. The van der Waals surface area contributed by atoms with Gasteiger partial charge in [0.05, 0.1) is 0 Å². The van der Waals surface area contributed by atoms with Crippen LogP contribution >= 0.6 is 0 Å². The van der Waals surface area contributed by atoms with Gasteiger partial charge in [0.1, 0.15) is 0 Å². The van der Waals surface area contributed by atoms with Crippen molar-refractivity contribution in [1.82, 2.24) is 5.32 Å². The van der Waals surface area contributed by atoms with Gasteiger partial charge >= 0.3 is 0 Å². The summed E-state index contributed by atoms with van der Waals surface area (Å²) >= 11 is 0. The molecule has 2 rings (SSSR count). The topological polar surface area (TPSA) is 32.3 Å². The molecule has 18 heavy (non-hydrogen) atoms. The van der Waals surface area contributed by atoms with Crippen LogP contribution in [0.5, 0.6) is 0 Å². The molecule has 0 heterocycles. The summed E-state index contributed by atoms with van der Waals surface area (Å²) in [5.74, 6) is 0. The Labute approximate surface area is 110 Å². The molecule has 98 valence electrons. The number of aliphatic hydroxyl groups is 1. The minimum Gasteiger partial charge on any atom is -0.396 e. The monoisotopic (exact) mass is 245 g/mol. The largest absolute Gasteiger partial charge is 0.396 e. The second-order valence-corrected chi connectivity index (χ2v) is 4.96. The van der Waals surface area contributed by atoms with E-state index in [4.69, 9.17) is 5.11 Å². The molecule has 1 fully saturated rings. The number of nitrogens with one attached hydrogen (secondary N) is 1. The lowest BCUT2D eigenvalue weighted by Gasteiger charge is -2.26. The molecule has 0 bridgehead atoms. The summed E-state index contributed by atoms with van der Waals surface area (Å²) < 4.78 is 0. The summed E-state index contributed by atoms with van der Waals surface area (Å²) in [7, 11) is 0. The highest BCUT2D eigenvalue weighted by Crippen LogP contribution is 2.25. The molecule has 0 radical (unpaired) electrons. The lowest BCUT2D eigenvalue weighted by molar-refractivity contribution is 0.282. The highest BCUT2D eigenvalue weighted by atomic mass is 16.3. The van der Waals surface area contributed by atoms with E-state index in [1.807, 2.05) is 0 Å². The van der Waals surface area contributed by atoms with Crippen LogP contribution in [-0.4, -0.2) is 24.3 Å². The number of rotatable bonds is 5. The molecule has 1 aliphatic carbocycles. The molecule has 0 aromatic heterocycles. The Morgan fingerprint density at radius 2 is 2.06 bits per heavy atom. The van der Waals surface area contributed by atoms with Gasteiger partial charge in [0.25, 0.3) is 0 Å². The van der Waals surface area contributed by atoms with E-state index in [2.05, 4.69) is 41.7 Å². The minimum absolute atomic E-state index is 0.275. The Kier molecular flexibility index (Phi) is 5.43. The van der Waals surface area contributed by atoms with Crippen molar-refractivity contribution in [2.75, 3.05) is 13.2 Å². The van der Waals surface area contributed by atoms with Crippen molar-refractivity contribution in [2.24, 2.45) is 0 Å². The van der Waals surface area contributed by atoms with Crippen LogP contribution in [0.4, 0.5) is 0 Å². The molecule has 1 saturated carbocycles. The highest BCUT2D eigenvalue weighted by Gasteiger charge is 2.17. The van der Waals surface area contributed by atoms with Gasteiger partial charge in [-0.1, -0.05) is 48.4 Å². The summed E-state index contributed by atoms with van der Waals surface area (Å²) in [5.41, 5.74) is 2.81. The van der Waals surface area contributed by atoms with E-state index in [-0.39, 0.29) is 6.61 Å². The van der Waals surface area contributed by atoms with Gasteiger partial charge in [-0.15, -0.1) is 0 Å². The van der Waals surface area contributed by atoms with E-state index in [1.165, 1.54) is 36.8 Å². The minimum atomic E-state index is 0.275. The molecular formula is C16H23NO. The lowest BCUT2D eigenvalue weighted by atomic mass is 9.88. The molecule has 0 aliphatic heterocycles. The van der Waals surface area contributed by atoms with Crippen LogP contribution in [-0.2, 0) is 0 Å². The SMILES string of the molecule is OCCCNC1CCCCC1=Cc1ccccc1. The van der Waals surface area contributed by atoms with Crippen molar-refractivity contribution < 1.29 is 5.11 Å². The third-order valence-corrected chi connectivity index (χ3v) is 3.53. The summed E-state index contributed by atoms with van der Waals surface area (Å²) in [4.78, 5) is 0. The maximum absolute atomic E-state index is 8.84. The van der Waals surface area contributed by atoms with Gasteiger partial charge in [-0.05, 0) is 37.8 Å². The van der Waals surface area contributed by atoms with E-state index in [9.17, 15) is 0 Å². The fourth-order valence-electron chi connectivity index (χ4n) is 2.56. The average Bonchev–Trinajstić information content (AvgIpc) is 2.42. The average molecular weight is 245 g/mol. The van der Waals surface area contributed by atoms with Crippen LogP contribution in [0.1, 0.15) is 37.7 Å². The van der Waals surface area contributed by atoms with Crippen LogP contribution in [0.15, 0.2) is 35.9 Å². The fraction of sp³-hybridized carbons (Fsp3) is 0.500. The smallest absolute Gasteiger partial charge is 0.0443 e. The second kappa shape index (κ2) is 7.34. The van der Waals surface area contributed by atoms with Gasteiger partial charge in [0, 0.05) is 12.6 Å². The molecule has 1 aliphatic rings. The van der Waals surface area contributed by atoms with E-state index < -0.39 is 0 Å². The third kappa shape index (κ3) is 3.97. The predicted octanol–water partition coefficient (Wildman–Crippen LogP) is 2.98. The normalized spacial score (nSPS) is 22.3. The maximum atomic E-state index is 8.84. The highest BCUT2D eigenvalue weighted by molar-refractivity contribution is 5.54. The van der Waals surface area contributed by atoms with E-state index in [1.54, 1.807) is 0 Å². The standard InChI is InChI=1S/C16H23NO/c18-12-6-11-17-16-10-5-4-9-15(16)13-14-7-2-1-3-8-14/h1-3,7-8,13,16-18H,4-6,9-12H2. The van der Waals surface area contributed by atoms with Crippen molar-refractivity contribution in [3.63, 3.8) is 0 Å². The van der Waals surface area contributed by atoms with Crippen molar-refractivity contribution in [3.05, 3.63) is 41.5 Å². The van der Waals surface area contributed by atoms with Gasteiger partial charge < -0.3 is 10.4 Å². The maximum Gasteiger partial charge on any atom is 0.0443 e. The molecule has 2 nitrogen and oxygen atoms in total. The summed E-state index contributed by atoms with van der Waals surface area (Å²) in [5, 5.41) is 12.4. The van der Waals surface area contributed by atoms with Gasteiger partial charge in [0.2, 0.25) is 0 Å². The molecular weight excluding hydrogens is 222 g/mol. The zero-order valence-corrected chi connectivity index (χ0v) is 10.9. The van der Waals surface area contributed by atoms with Crippen LogP contribution in [0.2, 0.25) is 0 Å². The first-order valence-corrected chi connectivity index (χ1v) is 7.00. The zero-order valence-electron chi connectivity index (χ0n) is 10.9. The predicted molar refractivity (Wildman–Crippen MR) is 76.4 cm³/mol. The molecule has 0 saturated heterocycles. The Hall–Kier alpha value is -1.12. The molecule has 0 spiro atoms. The van der Waals surface area contributed by atoms with Crippen molar-refractivity contribution in [2.45, 2.75) is 38.1 Å². The molecule has 2 heteroatoms. The van der Waals surface area contributed by atoms with Crippen molar-refractivity contribution in [3.8, 4) is 0 Å². The molecule has 0 amide bonds. The quantitative estimate of drug-likeness (QED) is 0.782. The van der Waals surface area contributed by atoms with E-state index >= 15 is 0 Å². The summed E-state index contributed by atoms with van der Waals surface area (Å²) in [6.07, 6.45) is 8.21. The second-order valence-electron chi connectivity index (χ2n) is 4.96. The number of benzene rings is 1. The van der Waals surface area contributed by atoms with Gasteiger partial charge in [-0.2, -0.15) is 0 Å². The van der Waals surface area contributed by atoms with E-state index in [0.717, 1.165) is 13.0 Å². The number of hydrogen-bond acceptors (Lipinski definition) is 2. The van der Waals surface area contributed by atoms with Gasteiger partial charge in [-0.3, -0.25) is 0 Å². The fourth-order valence-corrected chi connectivity index (χ4v) is 2.56. The Morgan fingerprint density at radius 1 is 1.22 bits per heavy atom. The van der Waals surface area contributed by atoms with Crippen LogP contribution in [0.3, 0.4) is 0 Å². The van der Waals surface area contributed by atoms with Crippen molar-refractivity contribution >= 4 is 6.08 Å². The summed E-state index contributed by atoms with van der Waals surface area (Å²) in [6.45, 7) is 1.19. The van der Waals surface area contributed by atoms with Crippen LogP contribution in [0.25, 0.3) is 6.08 Å². The lowest BCUT2D eigenvalue weighted by Crippen LogP contribution is -2.34. The van der Waals surface area contributed by atoms with Gasteiger partial charge in [0.15, 0.2) is 0 Å². The molecule has 1 atom stereocenters. The first-order chi connectivity index (χ1) is 8.90. The Bertz CT molecular complexity index is 372. The van der Waals surface area contributed by atoms with Gasteiger partial charge in [-0.25, -0.2) is 0 Å². The third-order valence-electron chi connectivity index (χ3n) is 3.53. The van der Waals surface area contributed by atoms with E-state index in [0.29, 0.717) is 6.04 Å². The van der Waals surface area contributed by atoms with Crippen LogP contribution < -0.4 is 5.32 Å². The summed E-state index contributed by atoms with van der Waals surface area (Å²) in [6, 6.07) is 11.1. The number of hydrogen-bond donors (Lipinski definition) is 2. The Morgan fingerprint density at radius 3 is 2.83 bits per heavy atom. The first-order valence-electron chi connectivity index (χ1n) is 7.00. The molecule has 1 unspecified atom stereocenters. The van der Waals surface area contributed by atoms with Crippen LogP contribution in [0, 0.1) is 0 Å². The number of aliphatic hydroxyl groups excluding tert-OH is 1. The molecule has 1 aromatic rings. The molecule has 2 N–H and O–H groups in total. The molecule has 1 aromatic carbocycles. The first kappa shape index (κ1) is 13.3. The van der Waals surface area contributed by atoms with Crippen molar-refractivity contribution in [1.29, 1.82) is 0 Å².